The summed E-state index contributed by atoms with van der Waals surface area (Å²) in [5.41, 5.74) is 1.97. The van der Waals surface area contributed by atoms with Crippen molar-refractivity contribution in [3.05, 3.63) is 46.2 Å². The molecule has 22 heavy (non-hydrogen) atoms. The molecule has 1 heterocycles. The van der Waals surface area contributed by atoms with Gasteiger partial charge in [0.05, 0.1) is 18.8 Å². The second kappa shape index (κ2) is 7.42. The van der Waals surface area contributed by atoms with E-state index in [0.29, 0.717) is 11.4 Å². The van der Waals surface area contributed by atoms with E-state index < -0.39 is 0 Å². The van der Waals surface area contributed by atoms with Crippen LogP contribution in [0.15, 0.2) is 35.7 Å². The lowest BCUT2D eigenvalue weighted by molar-refractivity contribution is -0.120. The molecule has 1 unspecified atom stereocenters. The third-order valence-corrected chi connectivity index (χ3v) is 4.77. The van der Waals surface area contributed by atoms with Gasteiger partial charge in [0.25, 0.3) is 0 Å². The number of ether oxygens (including phenoxy) is 1. The molecule has 0 saturated carbocycles. The smallest absolute Gasteiger partial charge is 0.241 e. The molecule has 2 rings (SSSR count). The molecule has 1 amide bonds. The molecule has 1 N–H and O–H groups in total. The normalized spacial score (nSPS) is 12.2. The molecule has 0 spiro atoms. The number of methoxy groups -OCH3 is 1. The zero-order valence-corrected chi connectivity index (χ0v) is 14.2. The number of hydrogen-bond acceptors (Lipinski definition) is 4. The molecule has 1 aromatic carbocycles. The highest BCUT2D eigenvalue weighted by Gasteiger charge is 2.20. The number of likely N-dealkylation sites (N-methyl/N-ethyl adjacent to an activating group) is 1. The van der Waals surface area contributed by atoms with Crippen LogP contribution >= 0.6 is 11.3 Å². The van der Waals surface area contributed by atoms with E-state index in [1.807, 2.05) is 43.1 Å². The molecule has 0 bridgehead atoms. The van der Waals surface area contributed by atoms with Gasteiger partial charge in [-0.25, -0.2) is 0 Å². The number of hydrogen-bond donors (Lipinski definition) is 1. The van der Waals surface area contributed by atoms with Crippen LogP contribution in [0.3, 0.4) is 0 Å². The summed E-state index contributed by atoms with van der Waals surface area (Å²) < 4.78 is 5.26. The first-order valence-corrected chi connectivity index (χ1v) is 8.08. The Bertz CT molecular complexity index is 639. The van der Waals surface area contributed by atoms with Crippen LogP contribution in [0.2, 0.25) is 0 Å². The van der Waals surface area contributed by atoms with E-state index in [1.54, 1.807) is 18.4 Å². The van der Waals surface area contributed by atoms with E-state index in [-0.39, 0.29) is 11.9 Å². The molecule has 0 radical (unpaired) electrons. The number of amides is 1. The third-order valence-electron chi connectivity index (χ3n) is 3.77. The van der Waals surface area contributed by atoms with Crippen molar-refractivity contribution in [2.45, 2.75) is 26.4 Å². The second-order valence-electron chi connectivity index (χ2n) is 5.31. The van der Waals surface area contributed by atoms with Gasteiger partial charge in [-0.3, -0.25) is 9.69 Å². The molecule has 1 atom stereocenters. The van der Waals surface area contributed by atoms with Crippen LogP contribution in [0.1, 0.15) is 17.4 Å². The van der Waals surface area contributed by atoms with Crippen molar-refractivity contribution in [2.24, 2.45) is 0 Å². The fourth-order valence-corrected chi connectivity index (χ4v) is 3.08. The Hall–Kier alpha value is -1.85. The Morgan fingerprint density at radius 1 is 1.36 bits per heavy atom. The van der Waals surface area contributed by atoms with Gasteiger partial charge in [-0.15, -0.1) is 11.3 Å². The Morgan fingerprint density at radius 2 is 2.09 bits per heavy atom. The lowest BCUT2D eigenvalue weighted by Crippen LogP contribution is -2.39. The van der Waals surface area contributed by atoms with Crippen LogP contribution in [0.4, 0.5) is 5.69 Å². The predicted molar refractivity (Wildman–Crippen MR) is 91.6 cm³/mol. The van der Waals surface area contributed by atoms with Crippen LogP contribution in [-0.2, 0) is 11.3 Å². The fraction of sp³-hybridized carbons (Fsp3) is 0.353. The largest absolute Gasteiger partial charge is 0.495 e. The Balaban J connectivity index is 2.01. The first kappa shape index (κ1) is 16.5. The van der Waals surface area contributed by atoms with Gasteiger partial charge in [-0.1, -0.05) is 12.1 Å². The highest BCUT2D eigenvalue weighted by Crippen LogP contribution is 2.24. The lowest BCUT2D eigenvalue weighted by Gasteiger charge is -2.24. The minimum absolute atomic E-state index is 0.0405. The molecule has 0 fully saturated rings. The number of nitrogens with one attached hydrogen (secondary N) is 1. The van der Waals surface area contributed by atoms with Crippen molar-refractivity contribution < 1.29 is 9.53 Å². The summed E-state index contributed by atoms with van der Waals surface area (Å²) in [5, 5.41) is 5.02. The van der Waals surface area contributed by atoms with Crippen LogP contribution in [0.5, 0.6) is 5.75 Å². The molecule has 1 aromatic heterocycles. The number of thiophene rings is 1. The number of carbonyl (C=O) groups is 1. The quantitative estimate of drug-likeness (QED) is 0.886. The molecular weight excluding hydrogens is 296 g/mol. The Labute approximate surface area is 135 Å². The van der Waals surface area contributed by atoms with Gasteiger partial charge in [0.2, 0.25) is 5.91 Å². The molecule has 4 nitrogen and oxygen atoms in total. The van der Waals surface area contributed by atoms with Crippen molar-refractivity contribution >= 4 is 22.9 Å². The maximum Gasteiger partial charge on any atom is 0.241 e. The maximum atomic E-state index is 12.4. The number of benzene rings is 1. The number of anilines is 1. The number of para-hydroxylation sites is 2. The average Bonchev–Trinajstić information content (AvgIpc) is 2.92. The standard InChI is InChI=1S/C17H22N2O2S/c1-12-9-10-22-16(12)11-19(3)13(2)17(20)18-14-7-5-6-8-15(14)21-4/h5-10,13H,11H2,1-4H3,(H,18,20). The first-order valence-electron chi connectivity index (χ1n) is 7.20. The van der Waals surface area contributed by atoms with E-state index in [2.05, 4.69) is 23.7 Å². The molecule has 2 aromatic rings. The maximum absolute atomic E-state index is 12.4. The van der Waals surface area contributed by atoms with E-state index in [0.717, 1.165) is 6.54 Å². The van der Waals surface area contributed by atoms with Crippen LogP contribution in [-0.4, -0.2) is 31.0 Å². The highest BCUT2D eigenvalue weighted by molar-refractivity contribution is 7.10. The predicted octanol–water partition coefficient (Wildman–Crippen LogP) is 3.52. The topological polar surface area (TPSA) is 41.6 Å². The van der Waals surface area contributed by atoms with Crippen molar-refractivity contribution in [1.29, 1.82) is 0 Å². The number of rotatable bonds is 6. The summed E-state index contributed by atoms with van der Waals surface area (Å²) in [6.07, 6.45) is 0. The number of aryl methyl sites for hydroxylation is 1. The Kier molecular flexibility index (Phi) is 5.57. The van der Waals surface area contributed by atoms with Crippen molar-refractivity contribution in [1.82, 2.24) is 4.90 Å². The van der Waals surface area contributed by atoms with Crippen molar-refractivity contribution in [3.8, 4) is 5.75 Å². The van der Waals surface area contributed by atoms with E-state index in [9.17, 15) is 4.79 Å². The molecule has 0 aliphatic rings. The third kappa shape index (κ3) is 3.87. The number of nitrogens with zero attached hydrogens (tertiary/aromatic N) is 1. The Morgan fingerprint density at radius 3 is 2.73 bits per heavy atom. The molecule has 118 valence electrons. The minimum atomic E-state index is -0.230. The van der Waals surface area contributed by atoms with E-state index >= 15 is 0 Å². The van der Waals surface area contributed by atoms with Gasteiger partial charge in [0, 0.05) is 11.4 Å². The fourth-order valence-electron chi connectivity index (χ4n) is 2.11. The summed E-state index contributed by atoms with van der Waals surface area (Å²) in [7, 11) is 3.56. The van der Waals surface area contributed by atoms with Crippen LogP contribution < -0.4 is 10.1 Å². The van der Waals surface area contributed by atoms with E-state index in [1.165, 1.54) is 10.4 Å². The summed E-state index contributed by atoms with van der Waals surface area (Å²) in [4.78, 5) is 15.8. The monoisotopic (exact) mass is 318 g/mol. The first-order chi connectivity index (χ1) is 10.5. The SMILES string of the molecule is COc1ccccc1NC(=O)C(C)N(C)Cc1sccc1C. The highest BCUT2D eigenvalue weighted by atomic mass is 32.1. The van der Waals surface area contributed by atoms with Crippen LogP contribution in [0.25, 0.3) is 0 Å². The minimum Gasteiger partial charge on any atom is -0.495 e. The van der Waals surface area contributed by atoms with E-state index in [4.69, 9.17) is 4.74 Å². The zero-order chi connectivity index (χ0) is 16.1. The van der Waals surface area contributed by atoms with Crippen LogP contribution in [0, 0.1) is 6.92 Å². The number of carbonyl (C=O) groups excluding carboxylic acids is 1. The molecule has 5 heteroatoms. The second-order valence-corrected chi connectivity index (χ2v) is 6.31. The van der Waals surface area contributed by atoms with Crippen molar-refractivity contribution in [2.75, 3.05) is 19.5 Å². The van der Waals surface area contributed by atoms with Gasteiger partial charge in [0.1, 0.15) is 5.75 Å². The summed E-state index contributed by atoms with van der Waals surface area (Å²) in [6, 6.07) is 9.30. The summed E-state index contributed by atoms with van der Waals surface area (Å²) in [6.45, 7) is 4.77. The summed E-state index contributed by atoms with van der Waals surface area (Å²) >= 11 is 1.72. The zero-order valence-electron chi connectivity index (χ0n) is 13.4. The average molecular weight is 318 g/mol. The summed E-state index contributed by atoms with van der Waals surface area (Å²) in [5.74, 6) is 0.626. The van der Waals surface area contributed by atoms with Gasteiger partial charge in [-0.05, 0) is 50.0 Å². The lowest BCUT2D eigenvalue weighted by atomic mass is 10.2. The molecule has 0 aliphatic carbocycles. The molecule has 0 aliphatic heterocycles. The molecule has 0 saturated heterocycles. The van der Waals surface area contributed by atoms with Gasteiger partial charge in [-0.2, -0.15) is 0 Å². The van der Waals surface area contributed by atoms with Gasteiger partial charge < -0.3 is 10.1 Å². The van der Waals surface area contributed by atoms with Gasteiger partial charge in [0.15, 0.2) is 0 Å². The van der Waals surface area contributed by atoms with Gasteiger partial charge >= 0.3 is 0 Å². The van der Waals surface area contributed by atoms with Crippen molar-refractivity contribution in [3.63, 3.8) is 0 Å². The molecular formula is C17H22N2O2S.